The van der Waals surface area contributed by atoms with E-state index in [1.165, 1.54) is 5.56 Å². The second kappa shape index (κ2) is 7.73. The zero-order chi connectivity index (χ0) is 16.1. The molecule has 3 rings (SSSR count). The van der Waals surface area contributed by atoms with Crippen molar-refractivity contribution in [2.24, 2.45) is 0 Å². The summed E-state index contributed by atoms with van der Waals surface area (Å²) < 4.78 is 0. The number of nitrogens with zero attached hydrogens (tertiary/aromatic N) is 2. The van der Waals surface area contributed by atoms with Gasteiger partial charge in [0.15, 0.2) is 0 Å². The third kappa shape index (κ3) is 4.20. The van der Waals surface area contributed by atoms with Crippen LogP contribution < -0.4 is 0 Å². The molecule has 1 saturated heterocycles. The van der Waals surface area contributed by atoms with E-state index in [4.69, 9.17) is 0 Å². The molecule has 0 aromatic heterocycles. The van der Waals surface area contributed by atoms with E-state index < -0.39 is 6.10 Å². The van der Waals surface area contributed by atoms with E-state index in [1.807, 2.05) is 30.3 Å². The van der Waals surface area contributed by atoms with Crippen molar-refractivity contribution in [3.05, 3.63) is 71.8 Å². The van der Waals surface area contributed by atoms with Gasteiger partial charge in [-0.05, 0) is 18.1 Å². The zero-order valence-corrected chi connectivity index (χ0v) is 13.8. The molecule has 3 heteroatoms. The molecule has 1 heterocycles. The molecule has 1 aliphatic rings. The van der Waals surface area contributed by atoms with Crippen molar-refractivity contribution in [1.29, 1.82) is 0 Å². The van der Waals surface area contributed by atoms with Crippen molar-refractivity contribution in [2.75, 3.05) is 32.7 Å². The van der Waals surface area contributed by atoms with E-state index in [0.29, 0.717) is 6.04 Å². The molecule has 0 radical (unpaired) electrons. The normalized spacial score (nSPS) is 19.4. The molecule has 1 aliphatic heterocycles. The lowest BCUT2D eigenvalue weighted by molar-refractivity contribution is 0.0589. The molecule has 3 nitrogen and oxygen atoms in total. The Hall–Kier alpha value is -1.68. The number of benzene rings is 2. The maximum absolute atomic E-state index is 10.4. The summed E-state index contributed by atoms with van der Waals surface area (Å²) in [6, 6.07) is 21.1. The predicted octanol–water partition coefficient (Wildman–Crippen LogP) is 3.10. The first-order valence-corrected chi connectivity index (χ1v) is 8.48. The van der Waals surface area contributed by atoms with Crippen molar-refractivity contribution in [3.63, 3.8) is 0 Å². The summed E-state index contributed by atoms with van der Waals surface area (Å²) in [7, 11) is 0. The van der Waals surface area contributed by atoms with Gasteiger partial charge in [-0.1, -0.05) is 60.7 Å². The molecule has 0 spiro atoms. The molecular weight excluding hydrogens is 284 g/mol. The quantitative estimate of drug-likeness (QED) is 0.919. The lowest BCUT2D eigenvalue weighted by Crippen LogP contribution is -2.48. The first-order valence-electron chi connectivity index (χ1n) is 8.48. The molecule has 0 aliphatic carbocycles. The second-order valence-electron chi connectivity index (χ2n) is 6.35. The highest BCUT2D eigenvalue weighted by Crippen LogP contribution is 2.22. The average Bonchev–Trinajstić information content (AvgIpc) is 2.63. The molecular formula is C20H26N2O. The average molecular weight is 310 g/mol. The van der Waals surface area contributed by atoms with Crippen LogP contribution in [0, 0.1) is 0 Å². The van der Waals surface area contributed by atoms with Gasteiger partial charge in [-0.2, -0.15) is 0 Å². The molecule has 23 heavy (non-hydrogen) atoms. The Balaban J connectivity index is 1.51. The highest BCUT2D eigenvalue weighted by molar-refractivity contribution is 5.19. The maximum atomic E-state index is 10.4. The number of hydrogen-bond acceptors (Lipinski definition) is 3. The van der Waals surface area contributed by atoms with Crippen LogP contribution in [0.15, 0.2) is 60.7 Å². The molecule has 2 aromatic carbocycles. The number of aliphatic hydroxyl groups is 1. The highest BCUT2D eigenvalue weighted by atomic mass is 16.3. The summed E-state index contributed by atoms with van der Waals surface area (Å²) in [5.74, 6) is 0. The first-order chi connectivity index (χ1) is 11.2. The summed E-state index contributed by atoms with van der Waals surface area (Å²) in [6.45, 7) is 7.14. The van der Waals surface area contributed by atoms with Gasteiger partial charge in [0.25, 0.3) is 0 Å². The minimum absolute atomic E-state index is 0.394. The van der Waals surface area contributed by atoms with Gasteiger partial charge in [-0.15, -0.1) is 0 Å². The summed E-state index contributed by atoms with van der Waals surface area (Å²) in [5.41, 5.74) is 2.39. The molecule has 0 unspecified atom stereocenters. The number of β-amino-alcohol motifs (C(OH)–C–C–N with tert-alkyl or cyclic N) is 1. The number of rotatable bonds is 5. The minimum atomic E-state index is -0.394. The zero-order valence-electron chi connectivity index (χ0n) is 13.8. The molecule has 2 aromatic rings. The molecule has 0 bridgehead atoms. The molecule has 122 valence electrons. The Bertz CT molecular complexity index is 579. The van der Waals surface area contributed by atoms with Gasteiger partial charge in [-0.3, -0.25) is 9.80 Å². The molecule has 2 atom stereocenters. The third-order valence-corrected chi connectivity index (χ3v) is 4.85. The Kier molecular flexibility index (Phi) is 5.44. The fourth-order valence-corrected chi connectivity index (χ4v) is 3.30. The number of hydrogen-bond donors (Lipinski definition) is 1. The van der Waals surface area contributed by atoms with Crippen molar-refractivity contribution in [1.82, 2.24) is 9.80 Å². The minimum Gasteiger partial charge on any atom is -0.387 e. The van der Waals surface area contributed by atoms with Gasteiger partial charge < -0.3 is 5.11 Å². The lowest BCUT2D eigenvalue weighted by atomic mass is 10.1. The van der Waals surface area contributed by atoms with E-state index >= 15 is 0 Å². The van der Waals surface area contributed by atoms with Gasteiger partial charge in [0.1, 0.15) is 0 Å². The van der Waals surface area contributed by atoms with Crippen molar-refractivity contribution in [3.8, 4) is 0 Å². The van der Waals surface area contributed by atoms with Gasteiger partial charge in [-0.25, -0.2) is 0 Å². The first kappa shape index (κ1) is 16.2. The fourth-order valence-electron chi connectivity index (χ4n) is 3.30. The Morgan fingerprint density at radius 3 is 1.91 bits per heavy atom. The Morgan fingerprint density at radius 2 is 1.35 bits per heavy atom. The van der Waals surface area contributed by atoms with Crippen LogP contribution in [0.5, 0.6) is 0 Å². The molecule has 1 N–H and O–H groups in total. The van der Waals surface area contributed by atoms with Crippen LogP contribution >= 0.6 is 0 Å². The molecule has 0 saturated carbocycles. The van der Waals surface area contributed by atoms with Crippen LogP contribution in [0.25, 0.3) is 0 Å². The van der Waals surface area contributed by atoms with Crippen LogP contribution in [-0.4, -0.2) is 47.6 Å². The van der Waals surface area contributed by atoms with Gasteiger partial charge in [0.05, 0.1) is 6.10 Å². The van der Waals surface area contributed by atoms with E-state index in [1.54, 1.807) is 0 Å². The monoisotopic (exact) mass is 310 g/mol. The van der Waals surface area contributed by atoms with Crippen molar-refractivity contribution < 1.29 is 5.11 Å². The Labute approximate surface area is 139 Å². The molecule has 1 fully saturated rings. The smallest absolute Gasteiger partial charge is 0.0916 e. The summed E-state index contributed by atoms with van der Waals surface area (Å²) in [6.07, 6.45) is -0.394. The highest BCUT2D eigenvalue weighted by Gasteiger charge is 2.23. The van der Waals surface area contributed by atoms with E-state index in [2.05, 4.69) is 47.1 Å². The fraction of sp³-hybridized carbons (Fsp3) is 0.400. The van der Waals surface area contributed by atoms with Crippen LogP contribution in [0.3, 0.4) is 0 Å². The van der Waals surface area contributed by atoms with E-state index in [9.17, 15) is 5.11 Å². The van der Waals surface area contributed by atoms with Crippen LogP contribution in [0.2, 0.25) is 0 Å². The number of aliphatic hydroxyl groups excluding tert-OH is 1. The predicted molar refractivity (Wildman–Crippen MR) is 94.3 cm³/mol. The third-order valence-electron chi connectivity index (χ3n) is 4.85. The SMILES string of the molecule is C[C@H](c1ccccc1)N1CCN(C[C@H](O)c2ccccc2)CC1. The van der Waals surface area contributed by atoms with Crippen molar-refractivity contribution in [2.45, 2.75) is 19.1 Å². The second-order valence-corrected chi connectivity index (χ2v) is 6.35. The van der Waals surface area contributed by atoms with Gasteiger partial charge in [0.2, 0.25) is 0 Å². The number of piperazine rings is 1. The van der Waals surface area contributed by atoms with E-state index in [0.717, 1.165) is 38.3 Å². The van der Waals surface area contributed by atoms with Gasteiger partial charge in [0, 0.05) is 38.8 Å². The van der Waals surface area contributed by atoms with Gasteiger partial charge >= 0.3 is 0 Å². The standard InChI is InChI=1S/C20H26N2O/c1-17(18-8-4-2-5-9-18)22-14-12-21(13-15-22)16-20(23)19-10-6-3-7-11-19/h2-11,17,20,23H,12-16H2,1H3/t17-,20+/m1/s1. The van der Waals surface area contributed by atoms with E-state index in [-0.39, 0.29) is 0 Å². The van der Waals surface area contributed by atoms with Crippen LogP contribution in [0.1, 0.15) is 30.2 Å². The summed E-state index contributed by atoms with van der Waals surface area (Å²) in [5, 5.41) is 10.4. The largest absolute Gasteiger partial charge is 0.387 e. The Morgan fingerprint density at radius 1 is 0.826 bits per heavy atom. The van der Waals surface area contributed by atoms with Crippen LogP contribution in [0.4, 0.5) is 0 Å². The lowest BCUT2D eigenvalue weighted by Gasteiger charge is -2.38. The molecule has 0 amide bonds. The maximum Gasteiger partial charge on any atom is 0.0916 e. The van der Waals surface area contributed by atoms with Crippen molar-refractivity contribution >= 4 is 0 Å². The summed E-state index contributed by atoms with van der Waals surface area (Å²) in [4.78, 5) is 4.90. The summed E-state index contributed by atoms with van der Waals surface area (Å²) >= 11 is 0. The van der Waals surface area contributed by atoms with Crippen LogP contribution in [-0.2, 0) is 0 Å². The topological polar surface area (TPSA) is 26.7 Å².